The molecule has 0 spiro atoms. The van der Waals surface area contributed by atoms with Crippen LogP contribution in [-0.4, -0.2) is 48.3 Å². The predicted molar refractivity (Wildman–Crippen MR) is 119 cm³/mol. The van der Waals surface area contributed by atoms with Gasteiger partial charge in [-0.2, -0.15) is 0 Å². The molecule has 170 valence electrons. The molecule has 1 fully saturated rings. The van der Waals surface area contributed by atoms with Crippen molar-refractivity contribution >= 4 is 29.3 Å². The Balaban J connectivity index is 1.77. The second kappa shape index (κ2) is 9.78. The Morgan fingerprint density at radius 2 is 2.03 bits per heavy atom. The van der Waals surface area contributed by atoms with Crippen LogP contribution in [0.3, 0.4) is 0 Å². The largest absolute Gasteiger partial charge is 0.444 e. The average Bonchev–Trinajstić information content (AvgIpc) is 2.72. The van der Waals surface area contributed by atoms with Gasteiger partial charge in [0.1, 0.15) is 18.2 Å². The lowest BCUT2D eigenvalue weighted by Gasteiger charge is -2.28. The van der Waals surface area contributed by atoms with Gasteiger partial charge in [0.2, 0.25) is 0 Å². The smallest absolute Gasteiger partial charge is 0.408 e. The minimum atomic E-state index is -1.00. The lowest BCUT2D eigenvalue weighted by Crippen LogP contribution is -2.42. The molecule has 1 aliphatic heterocycles. The summed E-state index contributed by atoms with van der Waals surface area (Å²) in [7, 11) is 0. The number of nitrogens with zero attached hydrogens (tertiary/aromatic N) is 2. The van der Waals surface area contributed by atoms with Gasteiger partial charge in [0.05, 0.1) is 6.61 Å². The Hall–Kier alpha value is -3.46. The van der Waals surface area contributed by atoms with Gasteiger partial charge in [-0.3, -0.25) is 14.6 Å². The Morgan fingerprint density at radius 1 is 1.25 bits per heavy atom. The van der Waals surface area contributed by atoms with Crippen molar-refractivity contribution in [1.82, 2.24) is 10.3 Å². The lowest BCUT2D eigenvalue weighted by molar-refractivity contribution is -0.125. The molecule has 1 aliphatic rings. The molecule has 1 atom stereocenters. The normalized spacial score (nSPS) is 15.1. The van der Waals surface area contributed by atoms with Crippen LogP contribution in [0.5, 0.6) is 0 Å². The third-order valence-electron chi connectivity index (χ3n) is 4.68. The van der Waals surface area contributed by atoms with E-state index in [0.717, 1.165) is 11.3 Å². The molecule has 0 aliphatic carbocycles. The minimum Gasteiger partial charge on any atom is -0.444 e. The zero-order valence-electron chi connectivity index (χ0n) is 18.7. The van der Waals surface area contributed by atoms with E-state index < -0.39 is 23.6 Å². The fraction of sp³-hybridized carbons (Fsp3) is 0.391. The number of nitrogens with one attached hydrogen (secondary N) is 2. The van der Waals surface area contributed by atoms with Crippen molar-refractivity contribution in [2.24, 2.45) is 0 Å². The number of aromatic nitrogens is 1. The minimum absolute atomic E-state index is 0.0566. The molecule has 32 heavy (non-hydrogen) atoms. The van der Waals surface area contributed by atoms with Crippen LogP contribution in [0.25, 0.3) is 0 Å². The maximum Gasteiger partial charge on any atom is 0.408 e. The summed E-state index contributed by atoms with van der Waals surface area (Å²) in [5, 5.41) is 5.44. The second-order valence-electron chi connectivity index (χ2n) is 8.45. The van der Waals surface area contributed by atoms with Gasteiger partial charge in [0.25, 0.3) is 11.8 Å². The van der Waals surface area contributed by atoms with Gasteiger partial charge in [-0.25, -0.2) is 4.79 Å². The van der Waals surface area contributed by atoms with Crippen molar-refractivity contribution < 1.29 is 23.9 Å². The van der Waals surface area contributed by atoms with Crippen molar-refractivity contribution in [1.29, 1.82) is 0 Å². The van der Waals surface area contributed by atoms with E-state index in [-0.39, 0.29) is 12.5 Å². The Labute approximate surface area is 187 Å². The van der Waals surface area contributed by atoms with Gasteiger partial charge in [0.15, 0.2) is 0 Å². The fourth-order valence-corrected chi connectivity index (χ4v) is 3.30. The molecule has 3 rings (SSSR count). The highest BCUT2D eigenvalue weighted by Gasteiger charge is 2.27. The summed E-state index contributed by atoms with van der Waals surface area (Å²) < 4.78 is 10.5. The fourth-order valence-electron chi connectivity index (χ4n) is 3.30. The number of pyridine rings is 1. The van der Waals surface area contributed by atoms with Crippen molar-refractivity contribution in [2.45, 2.75) is 39.3 Å². The maximum atomic E-state index is 13.1. The van der Waals surface area contributed by atoms with Crippen molar-refractivity contribution in [3.63, 3.8) is 0 Å². The lowest BCUT2D eigenvalue weighted by atomic mass is 10.1. The first-order valence-electron chi connectivity index (χ1n) is 10.3. The highest BCUT2D eigenvalue weighted by molar-refractivity contribution is 5.99. The number of hydrogen-bond donors (Lipinski definition) is 2. The number of morpholine rings is 1. The molecule has 9 heteroatoms. The number of ether oxygens (including phenoxy) is 2. The Bertz CT molecular complexity index is 988. The molecule has 0 radical (unpaired) electrons. The molecule has 2 heterocycles. The number of rotatable bonds is 5. The van der Waals surface area contributed by atoms with Gasteiger partial charge >= 0.3 is 6.09 Å². The quantitative estimate of drug-likeness (QED) is 0.740. The highest BCUT2D eigenvalue weighted by Crippen LogP contribution is 2.26. The van der Waals surface area contributed by atoms with E-state index in [0.29, 0.717) is 24.4 Å². The third kappa shape index (κ3) is 6.04. The standard InChI is InChI=1S/C23H28N4O5/c1-15-12-17(7-8-18(15)27-10-11-31-14-19(27)28)25-21(29)20(16-6-5-9-24-13-16)26-22(30)32-23(2,3)4/h5-9,12-13,20H,10-11,14H2,1-4H3,(H,25,29)(H,26,30). The predicted octanol–water partition coefficient (Wildman–Crippen LogP) is 2.96. The van der Waals surface area contributed by atoms with Crippen LogP contribution in [0.15, 0.2) is 42.7 Å². The monoisotopic (exact) mass is 440 g/mol. The molecular weight excluding hydrogens is 412 g/mol. The number of alkyl carbamates (subject to hydrolysis) is 1. The summed E-state index contributed by atoms with van der Waals surface area (Å²) >= 11 is 0. The summed E-state index contributed by atoms with van der Waals surface area (Å²) in [5.41, 5.74) is 1.95. The van der Waals surface area contributed by atoms with E-state index >= 15 is 0 Å². The molecule has 9 nitrogen and oxygen atoms in total. The molecule has 1 saturated heterocycles. The van der Waals surface area contributed by atoms with E-state index in [4.69, 9.17) is 9.47 Å². The summed E-state index contributed by atoms with van der Waals surface area (Å²) in [6.45, 7) is 8.12. The van der Waals surface area contributed by atoms with Gasteiger partial charge in [0, 0.05) is 35.9 Å². The maximum absolute atomic E-state index is 13.1. The van der Waals surface area contributed by atoms with Gasteiger partial charge in [-0.1, -0.05) is 6.07 Å². The first kappa shape index (κ1) is 23.2. The van der Waals surface area contributed by atoms with Crippen LogP contribution >= 0.6 is 0 Å². The first-order chi connectivity index (χ1) is 15.1. The number of anilines is 2. The van der Waals surface area contributed by atoms with Crippen LogP contribution in [0, 0.1) is 6.92 Å². The SMILES string of the molecule is Cc1cc(NC(=O)C(NC(=O)OC(C)(C)C)c2cccnc2)ccc1N1CCOCC1=O. The molecule has 1 unspecified atom stereocenters. The molecule has 2 N–H and O–H groups in total. The van der Waals surface area contributed by atoms with E-state index in [2.05, 4.69) is 15.6 Å². The highest BCUT2D eigenvalue weighted by atomic mass is 16.6. The number of amides is 3. The zero-order valence-corrected chi connectivity index (χ0v) is 18.7. The topological polar surface area (TPSA) is 110 Å². The van der Waals surface area contributed by atoms with Crippen LogP contribution < -0.4 is 15.5 Å². The summed E-state index contributed by atoms with van der Waals surface area (Å²) in [4.78, 5) is 43.2. The first-order valence-corrected chi connectivity index (χ1v) is 10.3. The number of aryl methyl sites for hydroxylation is 1. The Morgan fingerprint density at radius 3 is 2.66 bits per heavy atom. The van der Waals surface area contributed by atoms with E-state index in [1.54, 1.807) is 62.2 Å². The van der Waals surface area contributed by atoms with E-state index in [1.807, 2.05) is 6.92 Å². The van der Waals surface area contributed by atoms with Gasteiger partial charge in [-0.15, -0.1) is 0 Å². The second-order valence-corrected chi connectivity index (χ2v) is 8.45. The van der Waals surface area contributed by atoms with Crippen LogP contribution in [0.4, 0.5) is 16.2 Å². The number of benzene rings is 1. The van der Waals surface area contributed by atoms with E-state index in [1.165, 1.54) is 6.20 Å². The van der Waals surface area contributed by atoms with E-state index in [9.17, 15) is 14.4 Å². The molecule has 1 aromatic carbocycles. The van der Waals surface area contributed by atoms with Crippen LogP contribution in [-0.2, 0) is 19.1 Å². The van der Waals surface area contributed by atoms with Crippen molar-refractivity contribution in [2.75, 3.05) is 30.0 Å². The molecule has 1 aromatic heterocycles. The van der Waals surface area contributed by atoms with Crippen molar-refractivity contribution in [3.8, 4) is 0 Å². The summed E-state index contributed by atoms with van der Waals surface area (Å²) in [5.74, 6) is -0.548. The molecule has 3 amide bonds. The molecule has 0 saturated carbocycles. The number of carbonyl (C=O) groups excluding carboxylic acids is 3. The molecular formula is C23H28N4O5. The van der Waals surface area contributed by atoms with Crippen LogP contribution in [0.1, 0.15) is 37.9 Å². The molecule has 2 aromatic rings. The van der Waals surface area contributed by atoms with Gasteiger partial charge < -0.3 is 25.0 Å². The summed E-state index contributed by atoms with van der Waals surface area (Å²) in [6, 6.07) is 7.67. The molecule has 0 bridgehead atoms. The summed E-state index contributed by atoms with van der Waals surface area (Å²) in [6.07, 6.45) is 2.39. The number of carbonyl (C=O) groups is 3. The van der Waals surface area contributed by atoms with Crippen molar-refractivity contribution in [3.05, 3.63) is 53.9 Å². The van der Waals surface area contributed by atoms with Crippen LogP contribution in [0.2, 0.25) is 0 Å². The van der Waals surface area contributed by atoms with Gasteiger partial charge in [-0.05, 0) is 57.5 Å². The third-order valence-corrected chi connectivity index (χ3v) is 4.68. The number of hydrogen-bond acceptors (Lipinski definition) is 6. The average molecular weight is 441 g/mol. The Kier molecular flexibility index (Phi) is 7.09. The zero-order chi connectivity index (χ0) is 23.3.